The molecule has 32 heteroatoms. The molecule has 3 saturated heterocycles. The van der Waals surface area contributed by atoms with Crippen LogP contribution in [-0.4, -0.2) is 247 Å². The molecule has 18 aromatic rings. The summed E-state index contributed by atoms with van der Waals surface area (Å²) in [6.07, 6.45) is 29.1. The smallest absolute Gasteiger partial charge is 0.258 e. The van der Waals surface area contributed by atoms with Gasteiger partial charge in [0.2, 0.25) is 0 Å². The Balaban J connectivity index is 0.000000115. The normalized spacial score (nSPS) is 15.7. The van der Waals surface area contributed by atoms with Gasteiger partial charge in [0.05, 0.1) is 94.6 Å². The zero-order valence-electron chi connectivity index (χ0n) is 85.9. The predicted molar refractivity (Wildman–Crippen MR) is 583 cm³/mol. The Morgan fingerprint density at radius 2 is 0.966 bits per heavy atom. The van der Waals surface area contributed by atoms with Gasteiger partial charge in [-0.3, -0.25) is 55.6 Å². The zero-order chi connectivity index (χ0) is 102. The highest BCUT2D eigenvalue weighted by molar-refractivity contribution is 5.84. The van der Waals surface area contributed by atoms with Crippen molar-refractivity contribution in [2.45, 2.75) is 111 Å². The molecule has 15 aromatic heterocycles. The Morgan fingerprint density at radius 1 is 0.432 bits per heavy atom. The number of benzene rings is 3. The number of piperazine rings is 1. The fourth-order valence-corrected chi connectivity index (χ4v) is 20.4. The Hall–Kier alpha value is -15.5. The Morgan fingerprint density at radius 3 is 1.58 bits per heavy atom. The van der Waals surface area contributed by atoms with Gasteiger partial charge in [-0.15, -0.1) is 0 Å². The van der Waals surface area contributed by atoms with Crippen molar-refractivity contribution in [3.8, 4) is 67.9 Å². The second-order valence-electron chi connectivity index (χ2n) is 39.0. The van der Waals surface area contributed by atoms with E-state index < -0.39 is 0 Å². The third-order valence-electron chi connectivity index (χ3n) is 28.8. The number of nitrogens with one attached hydrogen (secondary N) is 1. The molecule has 3 fully saturated rings. The SMILES string of the molecule is CCN(CC)C1CCN(c2ccc3nc(-c4cc5c(C)nc(C)cn5n4)cc(=O)n3c2)CC1.CCc1cc(N2CCN[C@H](C)C2)cn2c(=O)cc(-c3ccc(OC)c(OC)c3)nc12.CN1CC=C(c2ccc3nc(-c4ccc(N(C)C)cc4)cc(=O)n3c2)CC1.CN1CC=C(c2ccc3nc(-c4ccc5c(cnn5C)c4)cc(=O)n3c2)CC1.Cc1cn2cc(-c3cc(=O)n4cc(C5CCN(C)CC5)ccc4n3)ccc2n1. The number of methoxy groups -OCH3 is 2. The lowest BCUT2D eigenvalue weighted by atomic mass is 9.91. The highest BCUT2D eigenvalue weighted by atomic mass is 16.5. The molecule has 32 nitrogen and oxygen atoms in total. The molecule has 750 valence electrons. The number of aryl methyl sites for hydroxylation is 5. The molecule has 0 spiro atoms. The molecule has 5 aliphatic rings. The van der Waals surface area contributed by atoms with Crippen molar-refractivity contribution in [1.82, 2.24) is 106 Å². The van der Waals surface area contributed by atoms with E-state index in [2.05, 4.69) is 146 Å². The molecule has 0 saturated carbocycles. The molecule has 146 heavy (non-hydrogen) atoms. The minimum atomic E-state index is -0.0991. The first-order chi connectivity index (χ1) is 70.6. The second kappa shape index (κ2) is 43.2. The number of aromatic nitrogens is 17. The number of hydrogen-bond donors (Lipinski definition) is 1. The highest BCUT2D eigenvalue weighted by Crippen LogP contribution is 2.36. The van der Waals surface area contributed by atoms with Gasteiger partial charge in [-0.1, -0.05) is 57.2 Å². The molecule has 1 N–H and O–H groups in total. The van der Waals surface area contributed by atoms with Gasteiger partial charge in [-0.2, -0.15) is 10.2 Å². The average Bonchev–Trinajstić information content (AvgIpc) is 1.64. The van der Waals surface area contributed by atoms with Gasteiger partial charge >= 0.3 is 0 Å². The fraction of sp³-hybridized carbons (Fsp3) is 0.333. The molecule has 3 aromatic carbocycles. The van der Waals surface area contributed by atoms with Crippen LogP contribution >= 0.6 is 0 Å². The molecule has 0 aliphatic carbocycles. The number of likely N-dealkylation sites (tertiary alicyclic amines) is 1. The van der Waals surface area contributed by atoms with Gasteiger partial charge in [0.15, 0.2) is 11.5 Å². The molecule has 0 bridgehead atoms. The van der Waals surface area contributed by atoms with E-state index in [1.807, 2.05) is 215 Å². The van der Waals surface area contributed by atoms with Crippen molar-refractivity contribution in [3.05, 3.63) is 323 Å². The van der Waals surface area contributed by atoms with Gasteiger partial charge in [-0.05, 0) is 268 Å². The van der Waals surface area contributed by atoms with Crippen molar-refractivity contribution < 1.29 is 9.47 Å². The van der Waals surface area contributed by atoms with Crippen LogP contribution in [0.4, 0.5) is 17.1 Å². The first-order valence-corrected chi connectivity index (χ1v) is 50.5. The van der Waals surface area contributed by atoms with Crippen LogP contribution in [0.5, 0.6) is 11.5 Å². The minimum absolute atomic E-state index is 0.0447. The summed E-state index contributed by atoms with van der Waals surface area (Å²) in [6.45, 7) is 27.8. The number of fused-ring (bicyclic) bond motifs is 8. The van der Waals surface area contributed by atoms with Crippen LogP contribution in [0.15, 0.2) is 256 Å². The third-order valence-corrected chi connectivity index (χ3v) is 28.8. The number of pyridine rings is 6. The van der Waals surface area contributed by atoms with Gasteiger partial charge in [0, 0.05) is 199 Å². The molecular weight excluding hydrogens is 1830 g/mol. The summed E-state index contributed by atoms with van der Waals surface area (Å²) >= 11 is 0. The van der Waals surface area contributed by atoms with Crippen molar-refractivity contribution in [2.24, 2.45) is 7.05 Å². The monoisotopic (exact) mass is 1960 g/mol. The number of ether oxygens (including phenoxy) is 2. The van der Waals surface area contributed by atoms with Crippen molar-refractivity contribution in [3.63, 3.8) is 0 Å². The number of imidazole rings is 1. The van der Waals surface area contributed by atoms with E-state index in [1.54, 1.807) is 71.1 Å². The van der Waals surface area contributed by atoms with Crippen molar-refractivity contribution >= 4 is 78.5 Å². The molecular formula is C114H127N25O7. The average molecular weight is 1960 g/mol. The van der Waals surface area contributed by atoms with E-state index in [-0.39, 0.29) is 27.8 Å². The number of likely N-dealkylation sites (N-methyl/N-ethyl adjacent to an activating group) is 2. The number of piperidine rings is 2. The van der Waals surface area contributed by atoms with Gasteiger partial charge in [0.1, 0.15) is 39.6 Å². The summed E-state index contributed by atoms with van der Waals surface area (Å²) in [4.78, 5) is 113. The van der Waals surface area contributed by atoms with Gasteiger partial charge in [0.25, 0.3) is 27.8 Å². The number of hydrogen-bond acceptors (Lipinski definition) is 24. The first-order valence-electron chi connectivity index (χ1n) is 50.5. The second-order valence-corrected chi connectivity index (χ2v) is 39.0. The zero-order valence-corrected chi connectivity index (χ0v) is 85.9. The van der Waals surface area contributed by atoms with E-state index in [0.717, 1.165) is 225 Å². The predicted octanol–water partition coefficient (Wildman–Crippen LogP) is 15.3. The number of nitrogens with zero attached hydrogens (tertiary/aromatic N) is 24. The molecule has 5 aliphatic heterocycles. The lowest BCUT2D eigenvalue weighted by molar-refractivity contribution is 0.186. The van der Waals surface area contributed by atoms with E-state index >= 15 is 0 Å². The quantitative estimate of drug-likeness (QED) is 0.0886. The largest absolute Gasteiger partial charge is 0.493 e. The van der Waals surface area contributed by atoms with E-state index in [4.69, 9.17) is 34.4 Å². The van der Waals surface area contributed by atoms with Crippen LogP contribution in [-0.2, 0) is 13.5 Å². The van der Waals surface area contributed by atoms with Gasteiger partial charge in [-0.25, -0.2) is 34.4 Å². The maximum absolute atomic E-state index is 13.1. The minimum Gasteiger partial charge on any atom is -0.493 e. The van der Waals surface area contributed by atoms with Crippen molar-refractivity contribution in [1.29, 1.82) is 0 Å². The van der Waals surface area contributed by atoms with E-state index in [1.165, 1.54) is 16.7 Å². The molecule has 1 atom stereocenters. The molecule has 0 radical (unpaired) electrons. The molecule has 23 rings (SSSR count). The van der Waals surface area contributed by atoms with Crippen LogP contribution < -0.4 is 57.3 Å². The third kappa shape index (κ3) is 21.7. The summed E-state index contributed by atoms with van der Waals surface area (Å²) in [5, 5.41) is 13.4. The topological polar surface area (TPSA) is 290 Å². The lowest BCUT2D eigenvalue weighted by Crippen LogP contribution is -2.49. The van der Waals surface area contributed by atoms with E-state index in [9.17, 15) is 24.0 Å². The molecule has 20 heterocycles. The Labute approximate surface area is 847 Å². The maximum Gasteiger partial charge on any atom is 0.258 e. The van der Waals surface area contributed by atoms with Crippen LogP contribution in [0.2, 0.25) is 0 Å². The Kier molecular flexibility index (Phi) is 29.4. The first kappa shape index (κ1) is 99.3. The highest BCUT2D eigenvalue weighted by Gasteiger charge is 2.27. The summed E-state index contributed by atoms with van der Waals surface area (Å²) in [6, 6.07) is 52.9. The van der Waals surface area contributed by atoms with Crippen LogP contribution in [0.3, 0.4) is 0 Å². The summed E-state index contributed by atoms with van der Waals surface area (Å²) in [5.74, 6) is 1.76. The van der Waals surface area contributed by atoms with Crippen LogP contribution in [0, 0.1) is 20.8 Å². The number of rotatable bonds is 17. The molecule has 0 amide bonds. The van der Waals surface area contributed by atoms with Crippen LogP contribution in [0.1, 0.15) is 111 Å². The summed E-state index contributed by atoms with van der Waals surface area (Å²) < 4.78 is 24.6. The lowest BCUT2D eigenvalue weighted by Gasteiger charge is -2.38. The summed E-state index contributed by atoms with van der Waals surface area (Å²) in [7, 11) is 15.5. The summed E-state index contributed by atoms with van der Waals surface area (Å²) in [5.41, 5.74) is 26.5. The molecule has 0 unspecified atom stereocenters. The fourth-order valence-electron chi connectivity index (χ4n) is 20.4. The maximum atomic E-state index is 13.1. The van der Waals surface area contributed by atoms with E-state index in [0.29, 0.717) is 91.9 Å². The van der Waals surface area contributed by atoms with Crippen molar-refractivity contribution in [2.75, 3.05) is 149 Å². The Bertz CT molecular complexity index is 8310. The number of anilines is 3. The van der Waals surface area contributed by atoms with Gasteiger partial charge < -0.3 is 53.5 Å². The van der Waals surface area contributed by atoms with Crippen LogP contribution in [0.25, 0.3) is 118 Å². The standard InChI is InChI=1S/C25H31N7O.C23H28N4O3.C22H23N5O.C22H21N5O.C22H24N4O/c1-5-29(6-2)19-9-11-30(12-10-19)20-7-8-24-27-21(14-25(33)31(24)16-20)22-13-23-18(4)26-17(3)15-32(23)28-22;1-5-16-10-18(26-9-8-24-15(2)13-26)14-27-22(28)12-19(25-23(16)27)17-6-7-20(29-3)21(11-17)30-4;1-15-12-26-13-18(4-5-20(26)23-15)19-11-22(28)27-14-17(3-6-21(27)24-19)16-7-9-25(2)10-8-16;1-25-9-7-15(8-10-25)17-4-6-21-24-19(12-22(28)27(21)14-17)16-3-5-20-18(11-16)13-23-26(20)2;1-24(2)19-7-4-17(5-8-19)20-14-22(27)26-15-18(6-9-21(26)23-20)16-10-12-25(3)13-11-16/h7-8,13-16,19H,5-6,9-12H2,1-4H3;6-7,10-12,14-15,24H,5,8-9,13H2,1-4H3;3-6,11-14,16H,7-10H2,1-2H3;3-7,11-14H,8-10H2,1-2H3;4-10,14-15H,11-13H2,1-3H3/t;15-;;;/m.1.../s1.